The molecule has 0 saturated carbocycles. The summed E-state index contributed by atoms with van der Waals surface area (Å²) in [6.07, 6.45) is 0.810. The summed E-state index contributed by atoms with van der Waals surface area (Å²) in [6.45, 7) is 1.28. The van der Waals surface area contributed by atoms with Crippen LogP contribution < -0.4 is 10.1 Å². The zero-order valence-electron chi connectivity index (χ0n) is 10.4. The largest absolute Gasteiger partial charge is 0.490 e. The van der Waals surface area contributed by atoms with Crippen LogP contribution in [-0.2, 0) is 0 Å². The van der Waals surface area contributed by atoms with Crippen molar-refractivity contribution < 1.29 is 9.13 Å². The molecular formula is C15H15BrFNO. The van der Waals surface area contributed by atoms with E-state index in [2.05, 4.69) is 21.2 Å². The maximum atomic E-state index is 13.5. The molecule has 0 saturated heterocycles. The summed E-state index contributed by atoms with van der Waals surface area (Å²) < 4.78 is 19.6. The standard InChI is InChI=1S/C15H15BrFNO/c16-12-7-8-15(14(17)11-12)19-10-4-9-18-13-5-2-1-3-6-13/h1-3,5-8,11,18H,4,9-10H2. The van der Waals surface area contributed by atoms with Crippen LogP contribution >= 0.6 is 15.9 Å². The molecule has 2 aromatic rings. The lowest BCUT2D eigenvalue weighted by Gasteiger charge is -2.09. The molecule has 0 spiro atoms. The van der Waals surface area contributed by atoms with E-state index in [0.717, 1.165) is 18.7 Å². The molecule has 100 valence electrons. The summed E-state index contributed by atoms with van der Waals surface area (Å²) in [7, 11) is 0. The minimum absolute atomic E-state index is 0.294. The highest BCUT2D eigenvalue weighted by Gasteiger charge is 2.03. The van der Waals surface area contributed by atoms with Crippen LogP contribution in [0.1, 0.15) is 6.42 Å². The molecule has 4 heteroatoms. The van der Waals surface area contributed by atoms with E-state index in [-0.39, 0.29) is 5.82 Å². The van der Waals surface area contributed by atoms with Crippen LogP contribution in [0.25, 0.3) is 0 Å². The molecule has 0 aliphatic carbocycles. The summed E-state index contributed by atoms with van der Waals surface area (Å²) in [5, 5.41) is 3.27. The van der Waals surface area contributed by atoms with Gasteiger partial charge in [0.2, 0.25) is 0 Å². The second-order valence-corrected chi connectivity index (χ2v) is 4.99. The van der Waals surface area contributed by atoms with Gasteiger partial charge >= 0.3 is 0 Å². The number of hydrogen-bond acceptors (Lipinski definition) is 2. The average molecular weight is 324 g/mol. The fourth-order valence-corrected chi connectivity index (χ4v) is 1.97. The monoisotopic (exact) mass is 323 g/mol. The highest BCUT2D eigenvalue weighted by molar-refractivity contribution is 9.10. The van der Waals surface area contributed by atoms with Gasteiger partial charge in [0.15, 0.2) is 11.6 Å². The number of benzene rings is 2. The Balaban J connectivity index is 1.69. The zero-order chi connectivity index (χ0) is 13.5. The molecule has 0 bridgehead atoms. The van der Waals surface area contributed by atoms with Gasteiger partial charge in [0.1, 0.15) is 0 Å². The Hall–Kier alpha value is -1.55. The third kappa shape index (κ3) is 4.56. The Bertz CT molecular complexity index is 519. The van der Waals surface area contributed by atoms with Gasteiger partial charge in [-0.3, -0.25) is 0 Å². The van der Waals surface area contributed by atoms with Crippen LogP contribution in [0.4, 0.5) is 10.1 Å². The highest BCUT2D eigenvalue weighted by Crippen LogP contribution is 2.21. The third-order valence-corrected chi connectivity index (χ3v) is 3.07. The summed E-state index contributed by atoms with van der Waals surface area (Å²) >= 11 is 3.21. The lowest BCUT2D eigenvalue weighted by molar-refractivity contribution is 0.299. The predicted molar refractivity (Wildman–Crippen MR) is 79.1 cm³/mol. The maximum Gasteiger partial charge on any atom is 0.166 e. The topological polar surface area (TPSA) is 21.3 Å². The van der Waals surface area contributed by atoms with Crippen molar-refractivity contribution in [1.29, 1.82) is 0 Å². The van der Waals surface area contributed by atoms with Crippen molar-refractivity contribution in [2.24, 2.45) is 0 Å². The van der Waals surface area contributed by atoms with Crippen molar-refractivity contribution in [3.8, 4) is 5.75 Å². The lowest BCUT2D eigenvalue weighted by atomic mass is 10.3. The molecule has 19 heavy (non-hydrogen) atoms. The van der Waals surface area contributed by atoms with Gasteiger partial charge in [-0.15, -0.1) is 0 Å². The minimum Gasteiger partial charge on any atom is -0.490 e. The van der Waals surface area contributed by atoms with E-state index in [1.807, 2.05) is 30.3 Å². The molecule has 0 heterocycles. The molecule has 2 aromatic carbocycles. The van der Waals surface area contributed by atoms with Crippen molar-refractivity contribution in [2.75, 3.05) is 18.5 Å². The molecular weight excluding hydrogens is 309 g/mol. The quantitative estimate of drug-likeness (QED) is 0.792. The smallest absolute Gasteiger partial charge is 0.166 e. The first-order valence-electron chi connectivity index (χ1n) is 6.12. The molecule has 0 aliphatic rings. The van der Waals surface area contributed by atoms with E-state index in [9.17, 15) is 4.39 Å². The summed E-state index contributed by atoms with van der Waals surface area (Å²) in [5.41, 5.74) is 1.08. The Labute approximate surface area is 120 Å². The average Bonchev–Trinajstić information content (AvgIpc) is 2.42. The number of nitrogens with one attached hydrogen (secondary N) is 1. The summed E-state index contributed by atoms with van der Waals surface area (Å²) in [6, 6.07) is 14.8. The lowest BCUT2D eigenvalue weighted by Crippen LogP contribution is -2.07. The summed E-state index contributed by atoms with van der Waals surface area (Å²) in [5.74, 6) is -0.0479. The maximum absolute atomic E-state index is 13.5. The molecule has 1 N–H and O–H groups in total. The number of rotatable bonds is 6. The van der Waals surface area contributed by atoms with E-state index in [1.165, 1.54) is 6.07 Å². The molecule has 0 aromatic heterocycles. The first-order valence-corrected chi connectivity index (χ1v) is 6.92. The SMILES string of the molecule is Fc1cc(Br)ccc1OCCCNc1ccccc1. The van der Waals surface area contributed by atoms with Crippen molar-refractivity contribution in [3.05, 3.63) is 58.8 Å². The molecule has 2 nitrogen and oxygen atoms in total. The normalized spacial score (nSPS) is 10.2. The molecule has 0 unspecified atom stereocenters. The van der Waals surface area contributed by atoms with E-state index in [0.29, 0.717) is 16.8 Å². The van der Waals surface area contributed by atoms with Crippen molar-refractivity contribution in [3.63, 3.8) is 0 Å². The van der Waals surface area contributed by atoms with Gasteiger partial charge in [-0.05, 0) is 36.8 Å². The Morgan fingerprint density at radius 1 is 1.11 bits per heavy atom. The van der Waals surface area contributed by atoms with E-state index in [1.54, 1.807) is 12.1 Å². The molecule has 0 aliphatic heterocycles. The van der Waals surface area contributed by atoms with E-state index >= 15 is 0 Å². The number of anilines is 1. The fourth-order valence-electron chi connectivity index (χ4n) is 1.64. The second kappa shape index (κ2) is 7.14. The molecule has 0 atom stereocenters. The number of ether oxygens (including phenoxy) is 1. The van der Waals surface area contributed by atoms with Crippen molar-refractivity contribution >= 4 is 21.6 Å². The van der Waals surface area contributed by atoms with Gasteiger partial charge in [-0.1, -0.05) is 34.1 Å². The number of halogens is 2. The van der Waals surface area contributed by atoms with Gasteiger partial charge in [-0.25, -0.2) is 4.39 Å². The third-order valence-electron chi connectivity index (χ3n) is 2.58. The zero-order valence-corrected chi connectivity index (χ0v) is 12.0. The second-order valence-electron chi connectivity index (χ2n) is 4.07. The van der Waals surface area contributed by atoms with Crippen LogP contribution in [0, 0.1) is 5.82 Å². The molecule has 0 fully saturated rings. The molecule has 2 rings (SSSR count). The van der Waals surface area contributed by atoms with Crippen LogP contribution in [0.2, 0.25) is 0 Å². The van der Waals surface area contributed by atoms with Gasteiger partial charge in [0.25, 0.3) is 0 Å². The Morgan fingerprint density at radius 3 is 2.63 bits per heavy atom. The van der Waals surface area contributed by atoms with Crippen molar-refractivity contribution in [2.45, 2.75) is 6.42 Å². The van der Waals surface area contributed by atoms with Gasteiger partial charge < -0.3 is 10.1 Å². The molecule has 0 radical (unpaired) electrons. The van der Waals surface area contributed by atoms with Crippen LogP contribution in [0.3, 0.4) is 0 Å². The first-order chi connectivity index (χ1) is 9.25. The van der Waals surface area contributed by atoms with Gasteiger partial charge in [0.05, 0.1) is 6.61 Å². The highest BCUT2D eigenvalue weighted by atomic mass is 79.9. The first kappa shape index (κ1) is 13.9. The van der Waals surface area contributed by atoms with Gasteiger partial charge in [-0.2, -0.15) is 0 Å². The summed E-state index contributed by atoms with van der Waals surface area (Å²) in [4.78, 5) is 0. The van der Waals surface area contributed by atoms with Crippen LogP contribution in [-0.4, -0.2) is 13.2 Å². The minimum atomic E-state index is -0.342. The van der Waals surface area contributed by atoms with Crippen molar-refractivity contribution in [1.82, 2.24) is 0 Å². The van der Waals surface area contributed by atoms with E-state index < -0.39 is 0 Å². The fraction of sp³-hybridized carbons (Fsp3) is 0.200. The predicted octanol–water partition coefficient (Wildman–Crippen LogP) is 4.47. The van der Waals surface area contributed by atoms with Gasteiger partial charge in [0, 0.05) is 16.7 Å². The Morgan fingerprint density at radius 2 is 1.89 bits per heavy atom. The molecule has 0 amide bonds. The number of para-hydroxylation sites is 1. The number of hydrogen-bond donors (Lipinski definition) is 1. The Kier molecular flexibility index (Phi) is 5.21. The van der Waals surface area contributed by atoms with Crippen LogP contribution in [0.5, 0.6) is 5.75 Å². The van der Waals surface area contributed by atoms with E-state index in [4.69, 9.17) is 4.74 Å². The van der Waals surface area contributed by atoms with Crippen LogP contribution in [0.15, 0.2) is 53.0 Å².